The minimum Gasteiger partial charge on any atom is -0.258 e. The SMILES string of the molecule is NS(=O)(=O)c1c(F)ccc(F)c1[N+](=O)[O-]. The van der Waals surface area contributed by atoms with Crippen LogP contribution in [0.5, 0.6) is 0 Å². The Morgan fingerprint density at radius 2 is 1.73 bits per heavy atom. The van der Waals surface area contributed by atoms with Gasteiger partial charge in [-0.25, -0.2) is 17.9 Å². The Morgan fingerprint density at radius 1 is 1.27 bits per heavy atom. The molecular weight excluding hydrogens is 234 g/mol. The first kappa shape index (κ1) is 11.5. The van der Waals surface area contributed by atoms with Crippen molar-refractivity contribution in [2.24, 2.45) is 5.14 Å². The third kappa shape index (κ3) is 2.07. The molecule has 1 aromatic carbocycles. The van der Waals surface area contributed by atoms with Gasteiger partial charge in [-0.2, -0.15) is 4.39 Å². The molecule has 0 heterocycles. The van der Waals surface area contributed by atoms with Crippen molar-refractivity contribution in [3.63, 3.8) is 0 Å². The zero-order valence-electron chi connectivity index (χ0n) is 6.98. The number of halogens is 2. The number of benzene rings is 1. The number of primary sulfonamides is 1. The fourth-order valence-electron chi connectivity index (χ4n) is 0.963. The Bertz CT molecular complexity index is 528. The molecule has 0 spiro atoms. The van der Waals surface area contributed by atoms with Crippen molar-refractivity contribution in [2.45, 2.75) is 4.90 Å². The summed E-state index contributed by atoms with van der Waals surface area (Å²) in [5, 5.41) is 14.8. The van der Waals surface area contributed by atoms with Gasteiger partial charge in [-0.05, 0) is 12.1 Å². The highest BCUT2D eigenvalue weighted by atomic mass is 32.2. The van der Waals surface area contributed by atoms with Crippen LogP contribution in [0.25, 0.3) is 0 Å². The van der Waals surface area contributed by atoms with Gasteiger partial charge in [-0.1, -0.05) is 0 Å². The number of nitro benzene ring substituents is 1. The lowest BCUT2D eigenvalue weighted by atomic mass is 10.3. The highest BCUT2D eigenvalue weighted by Crippen LogP contribution is 2.28. The Balaban J connectivity index is 3.76. The van der Waals surface area contributed by atoms with Crippen LogP contribution in [0.4, 0.5) is 14.5 Å². The van der Waals surface area contributed by atoms with E-state index < -0.39 is 37.2 Å². The summed E-state index contributed by atoms with van der Waals surface area (Å²) in [4.78, 5) is 7.52. The van der Waals surface area contributed by atoms with Crippen molar-refractivity contribution in [3.05, 3.63) is 33.9 Å². The van der Waals surface area contributed by atoms with Gasteiger partial charge in [-0.15, -0.1) is 0 Å². The molecule has 0 saturated heterocycles. The molecule has 0 aromatic heterocycles. The zero-order valence-corrected chi connectivity index (χ0v) is 7.79. The predicted molar refractivity (Wildman–Crippen MR) is 44.4 cm³/mol. The normalized spacial score (nSPS) is 11.4. The predicted octanol–water partition coefficient (Wildman–Crippen LogP) is 0.520. The average Bonchev–Trinajstić information content (AvgIpc) is 2.05. The van der Waals surface area contributed by atoms with Crippen LogP contribution in [0.3, 0.4) is 0 Å². The molecule has 0 aliphatic heterocycles. The molecule has 0 unspecified atom stereocenters. The Hall–Kier alpha value is -1.61. The van der Waals surface area contributed by atoms with Crippen LogP contribution in [-0.2, 0) is 10.0 Å². The quantitative estimate of drug-likeness (QED) is 0.599. The lowest BCUT2D eigenvalue weighted by Gasteiger charge is -2.02. The molecule has 0 fully saturated rings. The Kier molecular flexibility index (Phi) is 2.69. The molecule has 0 bridgehead atoms. The molecule has 0 aliphatic rings. The van der Waals surface area contributed by atoms with E-state index in [1.54, 1.807) is 0 Å². The summed E-state index contributed by atoms with van der Waals surface area (Å²) in [7, 11) is -4.69. The van der Waals surface area contributed by atoms with Gasteiger partial charge < -0.3 is 0 Å². The second-order valence-electron chi connectivity index (χ2n) is 2.51. The second kappa shape index (κ2) is 3.51. The molecule has 0 amide bonds. The molecule has 1 rings (SSSR count). The summed E-state index contributed by atoms with van der Waals surface area (Å²) in [6.45, 7) is 0. The average molecular weight is 238 g/mol. The van der Waals surface area contributed by atoms with Gasteiger partial charge in [0.15, 0.2) is 10.7 Å². The molecular formula is C6H4F2N2O4S. The molecule has 6 nitrogen and oxygen atoms in total. The van der Waals surface area contributed by atoms with E-state index in [4.69, 9.17) is 0 Å². The maximum absolute atomic E-state index is 13.0. The van der Waals surface area contributed by atoms with Gasteiger partial charge in [-0.3, -0.25) is 10.1 Å². The van der Waals surface area contributed by atoms with Crippen molar-refractivity contribution in [1.82, 2.24) is 0 Å². The Labute approximate surface area is 82.5 Å². The van der Waals surface area contributed by atoms with Crippen LogP contribution in [0.15, 0.2) is 17.0 Å². The Morgan fingerprint density at radius 3 is 2.07 bits per heavy atom. The summed E-state index contributed by atoms with van der Waals surface area (Å²) in [6.07, 6.45) is 0. The van der Waals surface area contributed by atoms with Crippen LogP contribution >= 0.6 is 0 Å². The van der Waals surface area contributed by atoms with E-state index in [0.29, 0.717) is 12.1 Å². The topological polar surface area (TPSA) is 103 Å². The summed E-state index contributed by atoms with van der Waals surface area (Å²) in [5.74, 6) is -2.93. The number of nitro groups is 1. The van der Waals surface area contributed by atoms with E-state index in [1.165, 1.54) is 0 Å². The monoisotopic (exact) mass is 238 g/mol. The summed E-state index contributed by atoms with van der Waals surface area (Å²) >= 11 is 0. The number of nitrogens with zero attached hydrogens (tertiary/aromatic N) is 1. The molecule has 1 aromatic rings. The highest BCUT2D eigenvalue weighted by molar-refractivity contribution is 7.89. The molecule has 0 radical (unpaired) electrons. The summed E-state index contributed by atoms with van der Waals surface area (Å²) in [5.41, 5.74) is -1.49. The van der Waals surface area contributed by atoms with Gasteiger partial charge in [0.25, 0.3) is 0 Å². The summed E-state index contributed by atoms with van der Waals surface area (Å²) < 4.78 is 47.4. The van der Waals surface area contributed by atoms with E-state index in [9.17, 15) is 27.3 Å². The van der Waals surface area contributed by atoms with Gasteiger partial charge in [0.2, 0.25) is 15.8 Å². The minimum atomic E-state index is -4.69. The van der Waals surface area contributed by atoms with Crippen LogP contribution in [0.2, 0.25) is 0 Å². The van der Waals surface area contributed by atoms with Crippen molar-refractivity contribution in [1.29, 1.82) is 0 Å². The maximum atomic E-state index is 13.0. The van der Waals surface area contributed by atoms with E-state index in [2.05, 4.69) is 5.14 Å². The van der Waals surface area contributed by atoms with Crippen LogP contribution < -0.4 is 5.14 Å². The largest absolute Gasteiger partial charge is 0.327 e. The van der Waals surface area contributed by atoms with Crippen LogP contribution in [-0.4, -0.2) is 13.3 Å². The molecule has 0 saturated carbocycles. The van der Waals surface area contributed by atoms with E-state index in [-0.39, 0.29) is 0 Å². The van der Waals surface area contributed by atoms with E-state index >= 15 is 0 Å². The third-order valence-electron chi connectivity index (χ3n) is 1.50. The molecule has 0 atom stereocenters. The molecule has 15 heavy (non-hydrogen) atoms. The fraction of sp³-hybridized carbons (Fsp3) is 0. The first-order valence-electron chi connectivity index (χ1n) is 3.40. The molecule has 82 valence electrons. The molecule has 2 N–H and O–H groups in total. The minimum absolute atomic E-state index is 0.447. The van der Waals surface area contributed by atoms with Crippen molar-refractivity contribution < 1.29 is 22.1 Å². The van der Waals surface area contributed by atoms with Gasteiger partial charge in [0.1, 0.15) is 0 Å². The summed E-state index contributed by atoms with van der Waals surface area (Å²) in [6, 6.07) is 0.893. The zero-order chi connectivity index (χ0) is 11.8. The number of sulfonamides is 1. The first-order valence-corrected chi connectivity index (χ1v) is 4.95. The van der Waals surface area contributed by atoms with E-state index in [0.717, 1.165) is 0 Å². The third-order valence-corrected chi connectivity index (χ3v) is 2.46. The lowest BCUT2D eigenvalue weighted by molar-refractivity contribution is -0.390. The van der Waals surface area contributed by atoms with Crippen LogP contribution in [0, 0.1) is 21.7 Å². The number of rotatable bonds is 2. The van der Waals surface area contributed by atoms with Crippen molar-refractivity contribution in [3.8, 4) is 0 Å². The standard InChI is InChI=1S/C6H4F2N2O4S/c7-3-1-2-4(8)6(15(9,13)14)5(3)10(11)12/h1-2H,(H2,9,13,14). The van der Waals surface area contributed by atoms with Crippen molar-refractivity contribution in [2.75, 3.05) is 0 Å². The van der Waals surface area contributed by atoms with Gasteiger partial charge >= 0.3 is 5.69 Å². The van der Waals surface area contributed by atoms with E-state index in [1.807, 2.05) is 0 Å². The number of hydrogen-bond donors (Lipinski definition) is 1. The number of nitrogens with two attached hydrogens (primary N) is 1. The smallest absolute Gasteiger partial charge is 0.258 e. The van der Waals surface area contributed by atoms with Gasteiger partial charge in [0.05, 0.1) is 4.92 Å². The first-order chi connectivity index (χ1) is 6.75. The van der Waals surface area contributed by atoms with Crippen LogP contribution in [0.1, 0.15) is 0 Å². The second-order valence-corrected chi connectivity index (χ2v) is 4.01. The van der Waals surface area contributed by atoms with Crippen molar-refractivity contribution >= 4 is 15.7 Å². The lowest BCUT2D eigenvalue weighted by Crippen LogP contribution is -2.17. The molecule has 0 aliphatic carbocycles. The fourth-order valence-corrected chi connectivity index (χ4v) is 1.74. The maximum Gasteiger partial charge on any atom is 0.327 e. The number of hydrogen-bond acceptors (Lipinski definition) is 4. The molecule has 9 heteroatoms. The highest BCUT2D eigenvalue weighted by Gasteiger charge is 2.31. The van der Waals surface area contributed by atoms with Gasteiger partial charge in [0, 0.05) is 0 Å².